The summed E-state index contributed by atoms with van der Waals surface area (Å²) < 4.78 is 0. The van der Waals surface area contributed by atoms with Gasteiger partial charge in [-0.2, -0.15) is 0 Å². The standard InChI is InChI=1S/C20H16BN2/c1-3-7-15(8-4-1)18-13-14-20(22-18)17-11-12-19(23-21-17)16-9-5-2-6-10-16/h1-14,22-23H. The molecule has 0 saturated carbocycles. The number of benzene rings is 2. The smallest absolute Gasteiger partial charge is 0.284 e. The van der Waals surface area contributed by atoms with Crippen LogP contribution in [-0.4, -0.2) is 12.4 Å². The molecule has 2 aromatic carbocycles. The molecule has 0 bridgehead atoms. The van der Waals surface area contributed by atoms with Crippen molar-refractivity contribution in [3.63, 3.8) is 0 Å². The Morgan fingerprint density at radius 1 is 0.609 bits per heavy atom. The van der Waals surface area contributed by atoms with Crippen molar-refractivity contribution in [3.05, 3.63) is 96.2 Å². The third-order valence-electron chi connectivity index (χ3n) is 3.98. The van der Waals surface area contributed by atoms with Gasteiger partial charge in [-0.3, -0.25) is 0 Å². The van der Waals surface area contributed by atoms with Crippen molar-refractivity contribution in [1.29, 1.82) is 0 Å². The number of rotatable bonds is 3. The monoisotopic (exact) mass is 295 g/mol. The van der Waals surface area contributed by atoms with Crippen LogP contribution in [0.4, 0.5) is 0 Å². The summed E-state index contributed by atoms with van der Waals surface area (Å²) in [6.07, 6.45) is 4.26. The number of hydrogen-bond donors (Lipinski definition) is 2. The Hall–Kier alpha value is -2.94. The van der Waals surface area contributed by atoms with Gasteiger partial charge in [-0.15, -0.1) is 0 Å². The molecule has 0 aliphatic carbocycles. The van der Waals surface area contributed by atoms with Crippen molar-refractivity contribution >= 4 is 18.6 Å². The van der Waals surface area contributed by atoms with Crippen LogP contribution < -0.4 is 5.23 Å². The third kappa shape index (κ3) is 2.86. The van der Waals surface area contributed by atoms with E-state index in [1.54, 1.807) is 0 Å². The molecule has 1 radical (unpaired) electrons. The van der Waals surface area contributed by atoms with E-state index in [2.05, 4.69) is 70.9 Å². The molecule has 0 amide bonds. The Bertz CT molecular complexity index is 861. The summed E-state index contributed by atoms with van der Waals surface area (Å²) in [7, 11) is 2.04. The second kappa shape index (κ2) is 6.05. The van der Waals surface area contributed by atoms with Crippen LogP contribution in [-0.2, 0) is 0 Å². The van der Waals surface area contributed by atoms with Crippen molar-refractivity contribution in [2.75, 3.05) is 0 Å². The van der Waals surface area contributed by atoms with E-state index < -0.39 is 0 Å². The van der Waals surface area contributed by atoms with Crippen molar-refractivity contribution in [2.45, 2.75) is 0 Å². The molecule has 0 spiro atoms. The SMILES string of the molecule is [B]1NC(c2ccccc2)=CC=C1c1ccc(-c2ccccc2)[nH]1. The first kappa shape index (κ1) is 13.7. The molecule has 2 nitrogen and oxygen atoms in total. The summed E-state index contributed by atoms with van der Waals surface area (Å²) in [6.45, 7) is 0. The first-order valence-electron chi connectivity index (χ1n) is 7.72. The van der Waals surface area contributed by atoms with Gasteiger partial charge in [-0.1, -0.05) is 66.7 Å². The summed E-state index contributed by atoms with van der Waals surface area (Å²) in [5.74, 6) is 0. The zero-order chi connectivity index (χ0) is 15.5. The molecule has 1 aliphatic heterocycles. The summed E-state index contributed by atoms with van der Waals surface area (Å²) in [5.41, 5.74) is 6.89. The summed E-state index contributed by atoms with van der Waals surface area (Å²) >= 11 is 0. The molecule has 1 aliphatic rings. The zero-order valence-corrected chi connectivity index (χ0v) is 12.7. The van der Waals surface area contributed by atoms with Gasteiger partial charge in [-0.05, 0) is 34.8 Å². The van der Waals surface area contributed by atoms with E-state index in [-0.39, 0.29) is 0 Å². The van der Waals surface area contributed by atoms with Gasteiger partial charge in [0, 0.05) is 17.1 Å². The molecule has 23 heavy (non-hydrogen) atoms. The minimum atomic E-state index is 1.11. The Kier molecular flexibility index (Phi) is 3.61. The van der Waals surface area contributed by atoms with Gasteiger partial charge in [0.05, 0.1) is 0 Å². The first-order chi connectivity index (χ1) is 11.4. The van der Waals surface area contributed by atoms with Crippen molar-refractivity contribution in [3.8, 4) is 11.3 Å². The fraction of sp³-hybridized carbons (Fsp3) is 0. The second-order valence-corrected chi connectivity index (χ2v) is 5.51. The number of H-pyrrole nitrogens is 1. The highest BCUT2D eigenvalue weighted by molar-refractivity contribution is 6.60. The predicted octanol–water partition coefficient (Wildman–Crippen LogP) is 4.29. The van der Waals surface area contributed by atoms with Crippen molar-refractivity contribution in [1.82, 2.24) is 10.2 Å². The maximum Gasteiger partial charge on any atom is 0.284 e. The second-order valence-electron chi connectivity index (χ2n) is 5.51. The highest BCUT2D eigenvalue weighted by Crippen LogP contribution is 2.23. The Balaban J connectivity index is 1.59. The lowest BCUT2D eigenvalue weighted by molar-refractivity contribution is 1.32. The van der Waals surface area contributed by atoms with Gasteiger partial charge in [0.25, 0.3) is 7.41 Å². The van der Waals surface area contributed by atoms with Gasteiger partial charge in [0.2, 0.25) is 0 Å². The Labute approximate surface area is 136 Å². The number of nitrogens with one attached hydrogen (secondary N) is 2. The fourth-order valence-corrected chi connectivity index (χ4v) is 2.74. The van der Waals surface area contributed by atoms with Crippen LogP contribution in [0.15, 0.2) is 84.9 Å². The molecule has 0 unspecified atom stereocenters. The van der Waals surface area contributed by atoms with E-state index in [1.807, 2.05) is 31.7 Å². The molecular formula is C20H16BN2. The molecule has 2 N–H and O–H groups in total. The summed E-state index contributed by atoms with van der Waals surface area (Å²) in [6, 6.07) is 24.9. The highest BCUT2D eigenvalue weighted by atomic mass is 14.8. The van der Waals surface area contributed by atoms with Gasteiger partial charge in [-0.25, -0.2) is 0 Å². The number of hydrogen-bond acceptors (Lipinski definition) is 1. The van der Waals surface area contributed by atoms with E-state index in [1.165, 1.54) is 11.1 Å². The lowest BCUT2D eigenvalue weighted by Gasteiger charge is -2.16. The minimum Gasteiger partial charge on any atom is -0.427 e. The summed E-state index contributed by atoms with van der Waals surface area (Å²) in [5, 5.41) is 3.38. The molecular weight excluding hydrogens is 279 g/mol. The van der Waals surface area contributed by atoms with Crippen LogP contribution in [0.2, 0.25) is 0 Å². The van der Waals surface area contributed by atoms with Crippen LogP contribution in [0.25, 0.3) is 22.4 Å². The normalized spacial score (nSPS) is 13.6. The number of allylic oxidation sites excluding steroid dienone is 2. The predicted molar refractivity (Wildman–Crippen MR) is 97.5 cm³/mol. The van der Waals surface area contributed by atoms with Gasteiger partial charge in [0.15, 0.2) is 0 Å². The topological polar surface area (TPSA) is 27.8 Å². The molecule has 3 heteroatoms. The van der Waals surface area contributed by atoms with Crippen LogP contribution >= 0.6 is 0 Å². The molecule has 2 heterocycles. The minimum absolute atomic E-state index is 1.11. The van der Waals surface area contributed by atoms with Crippen molar-refractivity contribution < 1.29 is 0 Å². The quantitative estimate of drug-likeness (QED) is 0.693. The molecule has 0 fully saturated rings. The Morgan fingerprint density at radius 2 is 1.26 bits per heavy atom. The lowest BCUT2D eigenvalue weighted by atomic mass is 9.76. The number of aromatic amines is 1. The van der Waals surface area contributed by atoms with E-state index >= 15 is 0 Å². The third-order valence-corrected chi connectivity index (χ3v) is 3.98. The highest BCUT2D eigenvalue weighted by Gasteiger charge is 2.12. The van der Waals surface area contributed by atoms with Crippen LogP contribution in [0.3, 0.4) is 0 Å². The number of aromatic nitrogens is 1. The molecule has 109 valence electrons. The molecule has 0 atom stereocenters. The average Bonchev–Trinajstić information content (AvgIpc) is 3.14. The largest absolute Gasteiger partial charge is 0.427 e. The fourth-order valence-electron chi connectivity index (χ4n) is 2.74. The van der Waals surface area contributed by atoms with Crippen molar-refractivity contribution in [2.24, 2.45) is 0 Å². The van der Waals surface area contributed by atoms with Crippen LogP contribution in [0.5, 0.6) is 0 Å². The molecule has 1 aromatic heterocycles. The molecule has 3 aromatic rings. The van der Waals surface area contributed by atoms with E-state index in [0.29, 0.717) is 0 Å². The van der Waals surface area contributed by atoms with Crippen LogP contribution in [0, 0.1) is 0 Å². The van der Waals surface area contributed by atoms with E-state index in [9.17, 15) is 0 Å². The van der Waals surface area contributed by atoms with Gasteiger partial charge in [0.1, 0.15) is 0 Å². The van der Waals surface area contributed by atoms with E-state index in [4.69, 9.17) is 0 Å². The van der Waals surface area contributed by atoms with Gasteiger partial charge < -0.3 is 10.2 Å². The Morgan fingerprint density at radius 3 is 1.91 bits per heavy atom. The first-order valence-corrected chi connectivity index (χ1v) is 7.72. The molecule has 0 saturated heterocycles. The molecule has 4 rings (SSSR count). The van der Waals surface area contributed by atoms with Crippen LogP contribution in [0.1, 0.15) is 11.3 Å². The van der Waals surface area contributed by atoms with Gasteiger partial charge >= 0.3 is 0 Å². The maximum atomic E-state index is 3.48. The maximum absolute atomic E-state index is 3.48. The lowest BCUT2D eigenvalue weighted by Crippen LogP contribution is -2.22. The summed E-state index contributed by atoms with van der Waals surface area (Å²) in [4.78, 5) is 3.48. The average molecular weight is 295 g/mol. The zero-order valence-electron chi connectivity index (χ0n) is 12.7. The van der Waals surface area contributed by atoms with E-state index in [0.717, 1.165) is 22.6 Å².